The minimum absolute atomic E-state index is 0.248. The zero-order chi connectivity index (χ0) is 15.0. The number of hydrogen-bond donors (Lipinski definition) is 1. The van der Waals surface area contributed by atoms with Crippen molar-refractivity contribution in [3.8, 4) is 0 Å². The molecule has 0 spiro atoms. The van der Waals surface area contributed by atoms with Crippen molar-refractivity contribution in [2.75, 3.05) is 16.8 Å². The van der Waals surface area contributed by atoms with Gasteiger partial charge in [0.05, 0.1) is 27.5 Å². The molecule has 0 saturated heterocycles. The van der Waals surface area contributed by atoms with Crippen LogP contribution >= 0.6 is 23.2 Å². The molecule has 110 valence electrons. The predicted molar refractivity (Wildman–Crippen MR) is 91.7 cm³/mol. The van der Waals surface area contributed by atoms with Crippen molar-refractivity contribution in [2.45, 2.75) is 25.9 Å². The molecule has 3 rings (SSSR count). The first-order valence-corrected chi connectivity index (χ1v) is 7.89. The fourth-order valence-corrected chi connectivity index (χ4v) is 3.10. The van der Waals surface area contributed by atoms with Gasteiger partial charge in [-0.25, -0.2) is 0 Å². The van der Waals surface area contributed by atoms with Gasteiger partial charge in [0.25, 0.3) is 0 Å². The van der Waals surface area contributed by atoms with Crippen molar-refractivity contribution in [3.63, 3.8) is 0 Å². The second-order valence-corrected chi connectivity index (χ2v) is 6.45. The van der Waals surface area contributed by atoms with Gasteiger partial charge in [0.2, 0.25) is 0 Å². The quantitative estimate of drug-likeness (QED) is 0.799. The summed E-state index contributed by atoms with van der Waals surface area (Å²) in [4.78, 5) is 2.37. The Hall–Kier alpha value is -1.38. The van der Waals surface area contributed by atoms with E-state index in [1.54, 1.807) is 0 Å². The second kappa shape index (κ2) is 5.78. The van der Waals surface area contributed by atoms with Gasteiger partial charge in [0.1, 0.15) is 0 Å². The third-order valence-corrected chi connectivity index (χ3v) is 4.60. The molecule has 0 radical (unpaired) electrons. The van der Waals surface area contributed by atoms with Crippen LogP contribution in [-0.2, 0) is 0 Å². The molecule has 0 saturated carbocycles. The van der Waals surface area contributed by atoms with E-state index in [2.05, 4.69) is 48.3 Å². The highest BCUT2D eigenvalue weighted by Crippen LogP contribution is 2.41. The Labute approximate surface area is 135 Å². The van der Waals surface area contributed by atoms with Crippen molar-refractivity contribution in [2.24, 2.45) is 0 Å². The fourth-order valence-electron chi connectivity index (χ4n) is 2.78. The first-order chi connectivity index (χ1) is 10.1. The molecule has 1 aliphatic rings. The smallest absolute Gasteiger partial charge is 0.0689 e. The number of nitrogens with one attached hydrogen (secondary N) is 1. The molecule has 2 aromatic carbocycles. The maximum Gasteiger partial charge on any atom is 0.0689 e. The van der Waals surface area contributed by atoms with Gasteiger partial charge in [-0.05, 0) is 31.5 Å². The number of anilines is 2. The number of fused-ring (bicyclic) bond motifs is 1. The largest absolute Gasteiger partial charge is 0.375 e. The summed E-state index contributed by atoms with van der Waals surface area (Å²) >= 11 is 12.4. The SMILES string of the molecule is CC(C)N1C[C@H](c2ccccc2)Nc2cc(Cl)c(Cl)cc21. The van der Waals surface area contributed by atoms with E-state index in [4.69, 9.17) is 23.2 Å². The molecule has 1 N–H and O–H groups in total. The highest BCUT2D eigenvalue weighted by molar-refractivity contribution is 6.42. The summed E-state index contributed by atoms with van der Waals surface area (Å²) in [6.07, 6.45) is 0. The second-order valence-electron chi connectivity index (χ2n) is 5.64. The van der Waals surface area contributed by atoms with Gasteiger partial charge < -0.3 is 10.2 Å². The standard InChI is InChI=1S/C17H18Cl2N2/c1-11(2)21-10-16(12-6-4-3-5-7-12)20-15-8-13(18)14(19)9-17(15)21/h3-9,11,16,20H,10H2,1-2H3/t16-/m1/s1. The van der Waals surface area contributed by atoms with Crippen LogP contribution in [-0.4, -0.2) is 12.6 Å². The predicted octanol–water partition coefficient (Wildman–Crippen LogP) is 5.38. The van der Waals surface area contributed by atoms with Gasteiger partial charge >= 0.3 is 0 Å². The maximum absolute atomic E-state index is 6.18. The van der Waals surface area contributed by atoms with Gasteiger partial charge in [-0.2, -0.15) is 0 Å². The van der Waals surface area contributed by atoms with Crippen LogP contribution < -0.4 is 10.2 Å². The number of nitrogens with zero attached hydrogens (tertiary/aromatic N) is 1. The molecule has 0 amide bonds. The van der Waals surface area contributed by atoms with Crippen molar-refractivity contribution >= 4 is 34.6 Å². The van der Waals surface area contributed by atoms with Crippen LogP contribution in [0.2, 0.25) is 10.0 Å². The molecule has 1 aliphatic heterocycles. The van der Waals surface area contributed by atoms with Crippen molar-refractivity contribution in [1.29, 1.82) is 0 Å². The van der Waals surface area contributed by atoms with Crippen LogP contribution in [0, 0.1) is 0 Å². The van der Waals surface area contributed by atoms with Gasteiger partial charge in [-0.1, -0.05) is 53.5 Å². The molecule has 1 atom stereocenters. The Kier molecular flexibility index (Phi) is 4.01. The monoisotopic (exact) mass is 320 g/mol. The Morgan fingerprint density at radius 1 is 1.10 bits per heavy atom. The summed E-state index contributed by atoms with van der Waals surface area (Å²) < 4.78 is 0. The molecule has 2 nitrogen and oxygen atoms in total. The highest BCUT2D eigenvalue weighted by Gasteiger charge is 2.27. The normalized spacial score (nSPS) is 17.6. The summed E-state index contributed by atoms with van der Waals surface area (Å²) in [5.41, 5.74) is 3.43. The topological polar surface area (TPSA) is 15.3 Å². The molecule has 0 unspecified atom stereocenters. The number of halogens is 2. The van der Waals surface area contributed by atoms with Gasteiger partial charge in [0.15, 0.2) is 0 Å². The van der Waals surface area contributed by atoms with Crippen LogP contribution in [0.3, 0.4) is 0 Å². The van der Waals surface area contributed by atoms with Crippen LogP contribution in [0.15, 0.2) is 42.5 Å². The maximum atomic E-state index is 6.18. The van der Waals surface area contributed by atoms with Crippen LogP contribution in [0.4, 0.5) is 11.4 Å². The number of rotatable bonds is 2. The van der Waals surface area contributed by atoms with Crippen molar-refractivity contribution < 1.29 is 0 Å². The van der Waals surface area contributed by atoms with E-state index in [-0.39, 0.29) is 6.04 Å². The molecule has 0 fully saturated rings. The third-order valence-electron chi connectivity index (χ3n) is 3.88. The summed E-state index contributed by atoms with van der Waals surface area (Å²) in [7, 11) is 0. The van der Waals surface area contributed by atoms with E-state index in [9.17, 15) is 0 Å². The van der Waals surface area contributed by atoms with Gasteiger partial charge in [0, 0.05) is 12.6 Å². The zero-order valence-electron chi connectivity index (χ0n) is 12.1. The third kappa shape index (κ3) is 2.83. The van der Waals surface area contributed by atoms with Crippen LogP contribution in [0.5, 0.6) is 0 Å². The minimum Gasteiger partial charge on any atom is -0.375 e. The lowest BCUT2D eigenvalue weighted by molar-refractivity contribution is 0.617. The highest BCUT2D eigenvalue weighted by atomic mass is 35.5. The van der Waals surface area contributed by atoms with Crippen molar-refractivity contribution in [3.05, 3.63) is 58.1 Å². The van der Waals surface area contributed by atoms with Crippen molar-refractivity contribution in [1.82, 2.24) is 0 Å². The molecule has 21 heavy (non-hydrogen) atoms. The first kappa shape index (κ1) is 14.6. The summed E-state index contributed by atoms with van der Waals surface area (Å²) in [6.45, 7) is 5.30. The van der Waals surface area contributed by atoms with E-state index in [1.807, 2.05) is 18.2 Å². The van der Waals surface area contributed by atoms with Gasteiger partial charge in [-0.15, -0.1) is 0 Å². The average Bonchev–Trinajstić information content (AvgIpc) is 2.48. The Morgan fingerprint density at radius 2 is 1.76 bits per heavy atom. The Morgan fingerprint density at radius 3 is 2.43 bits per heavy atom. The molecule has 0 bridgehead atoms. The molecular weight excluding hydrogens is 303 g/mol. The van der Waals surface area contributed by atoms with E-state index in [0.29, 0.717) is 16.1 Å². The lowest BCUT2D eigenvalue weighted by Gasteiger charge is -2.40. The number of hydrogen-bond acceptors (Lipinski definition) is 2. The summed E-state index contributed by atoms with van der Waals surface area (Å²) in [6, 6.07) is 15.0. The average molecular weight is 321 g/mol. The Bertz CT molecular complexity index is 641. The van der Waals surface area contributed by atoms with E-state index < -0.39 is 0 Å². The van der Waals surface area contributed by atoms with Crippen LogP contribution in [0.1, 0.15) is 25.5 Å². The first-order valence-electron chi connectivity index (χ1n) is 7.13. The molecule has 4 heteroatoms. The van der Waals surface area contributed by atoms with E-state index in [1.165, 1.54) is 5.56 Å². The van der Waals surface area contributed by atoms with E-state index in [0.717, 1.165) is 17.9 Å². The molecular formula is C17H18Cl2N2. The molecule has 0 aliphatic carbocycles. The van der Waals surface area contributed by atoms with E-state index >= 15 is 0 Å². The molecule has 1 heterocycles. The molecule has 0 aromatic heterocycles. The van der Waals surface area contributed by atoms with Crippen LogP contribution in [0.25, 0.3) is 0 Å². The lowest BCUT2D eigenvalue weighted by Crippen LogP contribution is -2.40. The zero-order valence-corrected chi connectivity index (χ0v) is 13.6. The minimum atomic E-state index is 0.248. The lowest BCUT2D eigenvalue weighted by atomic mass is 10.0. The summed E-state index contributed by atoms with van der Waals surface area (Å²) in [5, 5.41) is 4.76. The Balaban J connectivity index is 2.03. The number of benzene rings is 2. The van der Waals surface area contributed by atoms with Gasteiger partial charge in [-0.3, -0.25) is 0 Å². The fraction of sp³-hybridized carbons (Fsp3) is 0.294. The molecule has 2 aromatic rings. The summed E-state index contributed by atoms with van der Waals surface area (Å²) in [5.74, 6) is 0.